The molecule has 1 amide bonds. The summed E-state index contributed by atoms with van der Waals surface area (Å²) >= 11 is 0. The number of hydrogen-bond acceptors (Lipinski definition) is 2. The average molecular weight is 243 g/mol. The van der Waals surface area contributed by atoms with Crippen LogP contribution in [0.3, 0.4) is 0 Å². The van der Waals surface area contributed by atoms with Gasteiger partial charge in [-0.25, -0.2) is 0 Å². The van der Waals surface area contributed by atoms with Crippen molar-refractivity contribution in [3.05, 3.63) is 41.5 Å². The first-order valence-corrected chi connectivity index (χ1v) is 6.28. The third-order valence-corrected chi connectivity index (χ3v) is 3.10. The Morgan fingerprint density at radius 2 is 1.83 bits per heavy atom. The molecular weight excluding hydrogens is 226 g/mol. The molecule has 1 N–H and O–H groups in total. The highest BCUT2D eigenvalue weighted by molar-refractivity contribution is 6.46. The summed E-state index contributed by atoms with van der Waals surface area (Å²) in [6.07, 6.45) is 5.62. The zero-order valence-corrected chi connectivity index (χ0v) is 10.5. The van der Waals surface area contributed by atoms with E-state index in [1.54, 1.807) is 12.1 Å². The van der Waals surface area contributed by atoms with Crippen molar-refractivity contribution in [1.82, 2.24) is 0 Å². The summed E-state index contributed by atoms with van der Waals surface area (Å²) in [4.78, 5) is 23.7. The lowest BCUT2D eigenvalue weighted by Gasteiger charge is -2.11. The molecule has 0 atom stereocenters. The zero-order chi connectivity index (χ0) is 13.0. The Morgan fingerprint density at radius 3 is 2.44 bits per heavy atom. The van der Waals surface area contributed by atoms with E-state index in [-0.39, 0.29) is 0 Å². The predicted molar refractivity (Wildman–Crippen MR) is 71.4 cm³/mol. The SMILES string of the molecule is Cc1ccc(NC(=O)C(=O)C2=CCCCC2)cc1. The third-order valence-electron chi connectivity index (χ3n) is 3.10. The Hall–Kier alpha value is -1.90. The summed E-state index contributed by atoms with van der Waals surface area (Å²) in [6, 6.07) is 7.41. The van der Waals surface area contributed by atoms with Crippen LogP contribution in [0, 0.1) is 6.92 Å². The van der Waals surface area contributed by atoms with Crippen molar-refractivity contribution in [3.8, 4) is 0 Å². The van der Waals surface area contributed by atoms with Crippen molar-refractivity contribution < 1.29 is 9.59 Å². The van der Waals surface area contributed by atoms with Gasteiger partial charge in [-0.3, -0.25) is 9.59 Å². The number of benzene rings is 1. The van der Waals surface area contributed by atoms with Crippen LogP contribution < -0.4 is 5.32 Å². The summed E-state index contributed by atoms with van der Waals surface area (Å²) in [5, 5.41) is 2.64. The van der Waals surface area contributed by atoms with Crippen LogP contribution in [0.25, 0.3) is 0 Å². The van der Waals surface area contributed by atoms with Gasteiger partial charge in [-0.15, -0.1) is 0 Å². The number of Topliss-reactive ketones (excluding diaryl/α,β-unsaturated/α-hetero) is 1. The monoisotopic (exact) mass is 243 g/mol. The Kier molecular flexibility index (Phi) is 3.92. The highest BCUT2D eigenvalue weighted by Crippen LogP contribution is 2.18. The van der Waals surface area contributed by atoms with Crippen LogP contribution in [-0.4, -0.2) is 11.7 Å². The first kappa shape index (κ1) is 12.6. The van der Waals surface area contributed by atoms with Gasteiger partial charge in [0.05, 0.1) is 0 Å². The van der Waals surface area contributed by atoms with Crippen LogP contribution in [0.2, 0.25) is 0 Å². The van der Waals surface area contributed by atoms with E-state index in [0.717, 1.165) is 31.2 Å². The Morgan fingerprint density at radius 1 is 1.11 bits per heavy atom. The van der Waals surface area contributed by atoms with Gasteiger partial charge in [0.1, 0.15) is 0 Å². The van der Waals surface area contributed by atoms with E-state index in [0.29, 0.717) is 11.3 Å². The molecule has 0 unspecified atom stereocenters. The van der Waals surface area contributed by atoms with E-state index in [1.807, 2.05) is 25.1 Å². The van der Waals surface area contributed by atoms with Gasteiger partial charge in [0, 0.05) is 11.3 Å². The number of aryl methyl sites for hydroxylation is 1. The lowest BCUT2D eigenvalue weighted by atomic mass is 9.96. The van der Waals surface area contributed by atoms with E-state index in [4.69, 9.17) is 0 Å². The number of amides is 1. The van der Waals surface area contributed by atoms with E-state index in [2.05, 4.69) is 5.32 Å². The quantitative estimate of drug-likeness (QED) is 0.829. The number of allylic oxidation sites excluding steroid dienone is 1. The average Bonchev–Trinajstić information content (AvgIpc) is 2.41. The summed E-state index contributed by atoms with van der Waals surface area (Å²) in [7, 11) is 0. The standard InChI is InChI=1S/C15H17NO2/c1-11-7-9-13(10-8-11)16-15(18)14(17)12-5-3-2-4-6-12/h5,7-10H,2-4,6H2,1H3,(H,16,18). The fourth-order valence-electron chi connectivity index (χ4n) is 2.01. The van der Waals surface area contributed by atoms with E-state index < -0.39 is 11.7 Å². The van der Waals surface area contributed by atoms with Gasteiger partial charge in [-0.2, -0.15) is 0 Å². The second-order valence-corrected chi connectivity index (χ2v) is 4.62. The highest BCUT2D eigenvalue weighted by atomic mass is 16.2. The van der Waals surface area contributed by atoms with Gasteiger partial charge in [-0.1, -0.05) is 23.8 Å². The van der Waals surface area contributed by atoms with Gasteiger partial charge in [0.2, 0.25) is 5.78 Å². The molecule has 0 radical (unpaired) electrons. The molecule has 0 spiro atoms. The molecule has 1 aliphatic rings. The fourth-order valence-corrected chi connectivity index (χ4v) is 2.01. The molecule has 3 heteroatoms. The van der Waals surface area contributed by atoms with Gasteiger partial charge in [-0.05, 0) is 44.7 Å². The van der Waals surface area contributed by atoms with Crippen LogP contribution in [0.1, 0.15) is 31.2 Å². The van der Waals surface area contributed by atoms with Gasteiger partial charge in [0.15, 0.2) is 0 Å². The lowest BCUT2D eigenvalue weighted by Crippen LogP contribution is -2.25. The molecule has 3 nitrogen and oxygen atoms in total. The minimum Gasteiger partial charge on any atom is -0.319 e. The van der Waals surface area contributed by atoms with Crippen molar-refractivity contribution in [3.63, 3.8) is 0 Å². The second kappa shape index (κ2) is 5.63. The number of carbonyl (C=O) groups excluding carboxylic acids is 2. The molecule has 94 valence electrons. The number of carbonyl (C=O) groups is 2. The second-order valence-electron chi connectivity index (χ2n) is 4.62. The van der Waals surface area contributed by atoms with Crippen molar-refractivity contribution in [2.75, 3.05) is 5.32 Å². The van der Waals surface area contributed by atoms with E-state index in [1.165, 1.54) is 0 Å². The van der Waals surface area contributed by atoms with Crippen molar-refractivity contribution in [1.29, 1.82) is 0 Å². The smallest absolute Gasteiger partial charge is 0.296 e. The van der Waals surface area contributed by atoms with Crippen molar-refractivity contribution in [2.45, 2.75) is 32.6 Å². The van der Waals surface area contributed by atoms with Gasteiger partial charge in [0.25, 0.3) is 5.91 Å². The minimum atomic E-state index is -0.535. The first-order chi connectivity index (χ1) is 8.66. The van der Waals surface area contributed by atoms with Gasteiger partial charge < -0.3 is 5.32 Å². The first-order valence-electron chi connectivity index (χ1n) is 6.28. The molecule has 0 aromatic heterocycles. The number of anilines is 1. The molecule has 1 aromatic carbocycles. The summed E-state index contributed by atoms with van der Waals surface area (Å²) in [5.41, 5.74) is 2.44. The lowest BCUT2D eigenvalue weighted by molar-refractivity contribution is -0.132. The number of nitrogens with one attached hydrogen (secondary N) is 1. The number of hydrogen-bond donors (Lipinski definition) is 1. The summed E-state index contributed by atoms with van der Waals surface area (Å²) in [5.74, 6) is -0.928. The summed E-state index contributed by atoms with van der Waals surface area (Å²) in [6.45, 7) is 1.98. The van der Waals surface area contributed by atoms with Crippen molar-refractivity contribution in [2.24, 2.45) is 0 Å². The highest BCUT2D eigenvalue weighted by Gasteiger charge is 2.19. The van der Waals surface area contributed by atoms with Crippen molar-refractivity contribution >= 4 is 17.4 Å². The Balaban J connectivity index is 2.01. The summed E-state index contributed by atoms with van der Waals surface area (Å²) < 4.78 is 0. The van der Waals surface area contributed by atoms with Crippen LogP contribution in [0.15, 0.2) is 35.9 Å². The molecule has 0 heterocycles. The molecule has 0 aliphatic heterocycles. The Bertz CT molecular complexity index is 486. The Labute approximate surface area is 107 Å². The minimum absolute atomic E-state index is 0.393. The van der Waals surface area contributed by atoms with Gasteiger partial charge >= 0.3 is 0 Å². The molecule has 1 aliphatic carbocycles. The van der Waals surface area contributed by atoms with E-state index >= 15 is 0 Å². The van der Waals surface area contributed by atoms with Crippen LogP contribution in [0.5, 0.6) is 0 Å². The molecular formula is C15H17NO2. The maximum absolute atomic E-state index is 11.9. The largest absolute Gasteiger partial charge is 0.319 e. The predicted octanol–water partition coefficient (Wildman–Crippen LogP) is 3.00. The maximum Gasteiger partial charge on any atom is 0.296 e. The number of ketones is 1. The zero-order valence-electron chi connectivity index (χ0n) is 10.5. The maximum atomic E-state index is 11.9. The molecule has 18 heavy (non-hydrogen) atoms. The molecule has 0 bridgehead atoms. The third kappa shape index (κ3) is 3.06. The van der Waals surface area contributed by atoms with Crippen LogP contribution in [-0.2, 0) is 9.59 Å². The molecule has 2 rings (SSSR count). The topological polar surface area (TPSA) is 46.2 Å². The molecule has 1 aromatic rings. The fraction of sp³-hybridized carbons (Fsp3) is 0.333. The number of rotatable bonds is 3. The normalized spacial score (nSPS) is 14.8. The molecule has 0 fully saturated rings. The molecule has 0 saturated carbocycles. The van der Waals surface area contributed by atoms with Crippen LogP contribution >= 0.6 is 0 Å². The molecule has 0 saturated heterocycles. The van der Waals surface area contributed by atoms with E-state index in [9.17, 15) is 9.59 Å². The van der Waals surface area contributed by atoms with Crippen LogP contribution in [0.4, 0.5) is 5.69 Å².